The summed E-state index contributed by atoms with van der Waals surface area (Å²) < 4.78 is 10.7. The molecular weight excluding hydrogens is 322 g/mol. The van der Waals surface area contributed by atoms with Gasteiger partial charge in [0.15, 0.2) is 0 Å². The smallest absolute Gasteiger partial charge is 0.223 e. The maximum atomic E-state index is 12.8. The van der Waals surface area contributed by atoms with Gasteiger partial charge < -0.3 is 14.4 Å². The average Bonchev–Trinajstić information content (AvgIpc) is 2.89. The van der Waals surface area contributed by atoms with Crippen molar-refractivity contribution >= 4 is 17.7 Å². The number of hydrogen-bond acceptors (Lipinski definition) is 4. The number of amides is 1. The number of carbonyl (C=O) groups is 1. The van der Waals surface area contributed by atoms with Gasteiger partial charge in [-0.1, -0.05) is 6.07 Å². The highest BCUT2D eigenvalue weighted by molar-refractivity contribution is 7.99. The fourth-order valence-corrected chi connectivity index (χ4v) is 4.99. The van der Waals surface area contributed by atoms with E-state index in [2.05, 4.69) is 11.2 Å². The minimum Gasteiger partial charge on any atom is -0.497 e. The van der Waals surface area contributed by atoms with Crippen LogP contribution in [0.3, 0.4) is 0 Å². The van der Waals surface area contributed by atoms with Crippen molar-refractivity contribution in [3.8, 4) is 11.5 Å². The molecule has 2 heterocycles. The van der Waals surface area contributed by atoms with Gasteiger partial charge in [-0.05, 0) is 50.0 Å². The summed E-state index contributed by atoms with van der Waals surface area (Å²) in [4.78, 5) is 15.0. The molecule has 2 unspecified atom stereocenters. The van der Waals surface area contributed by atoms with Crippen molar-refractivity contribution in [2.24, 2.45) is 0 Å². The van der Waals surface area contributed by atoms with Gasteiger partial charge in [-0.3, -0.25) is 4.79 Å². The third-order valence-corrected chi connectivity index (χ3v) is 6.47. The average molecular weight is 349 g/mol. The molecule has 132 valence electrons. The normalized spacial score (nSPS) is 25.6. The zero-order valence-electron chi connectivity index (χ0n) is 14.8. The molecule has 2 aliphatic rings. The minimum atomic E-state index is 0.305. The maximum absolute atomic E-state index is 12.8. The summed E-state index contributed by atoms with van der Waals surface area (Å²) in [6, 6.07) is 6.74. The third kappa shape index (κ3) is 3.51. The number of rotatable bonds is 6. The number of methoxy groups -OCH3 is 2. The van der Waals surface area contributed by atoms with Crippen molar-refractivity contribution in [3.05, 3.63) is 23.8 Å². The Balaban J connectivity index is 1.62. The van der Waals surface area contributed by atoms with Gasteiger partial charge in [-0.25, -0.2) is 0 Å². The van der Waals surface area contributed by atoms with Crippen LogP contribution in [-0.2, 0) is 11.2 Å². The maximum Gasteiger partial charge on any atom is 0.223 e. The van der Waals surface area contributed by atoms with Gasteiger partial charge in [0.1, 0.15) is 11.5 Å². The van der Waals surface area contributed by atoms with Crippen molar-refractivity contribution in [3.63, 3.8) is 0 Å². The van der Waals surface area contributed by atoms with Crippen LogP contribution in [0.1, 0.15) is 37.7 Å². The van der Waals surface area contributed by atoms with E-state index in [0.29, 0.717) is 30.8 Å². The Labute approximate surface area is 148 Å². The summed E-state index contributed by atoms with van der Waals surface area (Å²) in [5.74, 6) is 1.88. The Morgan fingerprint density at radius 2 is 1.92 bits per heavy atom. The van der Waals surface area contributed by atoms with E-state index in [1.165, 1.54) is 12.8 Å². The Bertz CT molecular complexity index is 578. The molecule has 2 saturated heterocycles. The zero-order chi connectivity index (χ0) is 17.1. The van der Waals surface area contributed by atoms with Crippen LogP contribution in [0.4, 0.5) is 0 Å². The molecule has 2 fully saturated rings. The summed E-state index contributed by atoms with van der Waals surface area (Å²) in [5, 5.41) is 0.730. The zero-order valence-corrected chi connectivity index (χ0v) is 15.6. The summed E-state index contributed by atoms with van der Waals surface area (Å²) in [6.45, 7) is 0. The second kappa shape index (κ2) is 7.68. The largest absolute Gasteiger partial charge is 0.497 e. The van der Waals surface area contributed by atoms with Crippen molar-refractivity contribution in [2.45, 2.75) is 55.9 Å². The van der Waals surface area contributed by atoms with Gasteiger partial charge in [0.05, 0.1) is 14.2 Å². The van der Waals surface area contributed by atoms with Gasteiger partial charge in [0.2, 0.25) is 5.91 Å². The van der Waals surface area contributed by atoms with Gasteiger partial charge in [0.25, 0.3) is 0 Å². The minimum absolute atomic E-state index is 0.305. The molecule has 2 bridgehead atoms. The van der Waals surface area contributed by atoms with E-state index in [-0.39, 0.29) is 0 Å². The highest BCUT2D eigenvalue weighted by atomic mass is 32.2. The number of carbonyl (C=O) groups excluding carboxylic acids is 1. The van der Waals surface area contributed by atoms with Crippen LogP contribution in [0, 0.1) is 0 Å². The lowest BCUT2D eigenvalue weighted by molar-refractivity contribution is -0.135. The number of benzene rings is 1. The molecule has 1 aromatic carbocycles. The van der Waals surface area contributed by atoms with E-state index < -0.39 is 0 Å². The highest BCUT2D eigenvalue weighted by Gasteiger charge is 2.42. The highest BCUT2D eigenvalue weighted by Crippen LogP contribution is 2.40. The molecule has 0 saturated carbocycles. The fraction of sp³-hybridized carbons (Fsp3) is 0.632. The standard InChI is InChI=1S/C19H27NO3S/c1-22-16-8-4-13(18(12-16)23-2)5-9-19(21)20-14-6-7-15(20)11-17(10-14)24-3/h4,8,12,14-15,17H,5-7,9-11H2,1-3H3. The first-order chi connectivity index (χ1) is 11.7. The lowest BCUT2D eigenvalue weighted by Gasteiger charge is -2.38. The fourth-order valence-electron chi connectivity index (χ4n) is 4.16. The molecule has 0 spiro atoms. The van der Waals surface area contributed by atoms with E-state index in [9.17, 15) is 4.79 Å². The number of hydrogen-bond donors (Lipinski definition) is 0. The van der Waals surface area contributed by atoms with Crippen LogP contribution >= 0.6 is 11.8 Å². The van der Waals surface area contributed by atoms with Crippen LogP contribution in [-0.4, -0.2) is 48.6 Å². The van der Waals surface area contributed by atoms with E-state index >= 15 is 0 Å². The number of nitrogens with zero attached hydrogens (tertiary/aromatic N) is 1. The molecule has 2 atom stereocenters. The predicted molar refractivity (Wildman–Crippen MR) is 98.1 cm³/mol. The quantitative estimate of drug-likeness (QED) is 0.788. The Kier molecular flexibility index (Phi) is 5.59. The Morgan fingerprint density at radius 1 is 1.21 bits per heavy atom. The SMILES string of the molecule is COc1ccc(CCC(=O)N2C3CCC2CC(SC)C3)c(OC)c1. The first-order valence-electron chi connectivity index (χ1n) is 8.71. The van der Waals surface area contributed by atoms with Crippen molar-refractivity contribution in [1.82, 2.24) is 4.90 Å². The number of thioether (sulfide) groups is 1. The third-order valence-electron chi connectivity index (χ3n) is 5.41. The number of ether oxygens (including phenoxy) is 2. The van der Waals surface area contributed by atoms with E-state index in [1.807, 2.05) is 30.0 Å². The molecule has 4 nitrogen and oxygen atoms in total. The van der Waals surface area contributed by atoms with Gasteiger partial charge in [-0.15, -0.1) is 0 Å². The molecule has 0 aromatic heterocycles. The summed E-state index contributed by atoms with van der Waals surface area (Å²) in [6.07, 6.45) is 8.15. The molecule has 5 heteroatoms. The second-order valence-corrected chi connectivity index (χ2v) is 7.83. The molecule has 2 aliphatic heterocycles. The van der Waals surface area contributed by atoms with Crippen LogP contribution in [0.5, 0.6) is 11.5 Å². The lowest BCUT2D eigenvalue weighted by atomic mass is 10.0. The van der Waals surface area contributed by atoms with Crippen LogP contribution in [0.15, 0.2) is 18.2 Å². The van der Waals surface area contributed by atoms with Crippen LogP contribution in [0.25, 0.3) is 0 Å². The number of fused-ring (bicyclic) bond motifs is 2. The molecular formula is C19H27NO3S. The van der Waals surface area contributed by atoms with E-state index in [4.69, 9.17) is 9.47 Å². The topological polar surface area (TPSA) is 38.8 Å². The Morgan fingerprint density at radius 3 is 2.50 bits per heavy atom. The van der Waals surface area contributed by atoms with Crippen molar-refractivity contribution < 1.29 is 14.3 Å². The Hall–Kier alpha value is -1.36. The molecule has 0 aliphatic carbocycles. The summed E-state index contributed by atoms with van der Waals surface area (Å²) >= 11 is 1.96. The van der Waals surface area contributed by atoms with Crippen molar-refractivity contribution in [2.75, 3.05) is 20.5 Å². The molecule has 24 heavy (non-hydrogen) atoms. The van der Waals surface area contributed by atoms with Crippen molar-refractivity contribution in [1.29, 1.82) is 0 Å². The number of aryl methyl sites for hydroxylation is 1. The lowest BCUT2D eigenvalue weighted by Crippen LogP contribution is -2.47. The predicted octanol–water partition coefficient (Wildman–Crippen LogP) is 3.52. The first-order valence-corrected chi connectivity index (χ1v) is 10.00. The molecule has 1 aromatic rings. The van der Waals surface area contributed by atoms with Crippen LogP contribution < -0.4 is 9.47 Å². The molecule has 1 amide bonds. The second-order valence-electron chi connectivity index (χ2n) is 6.69. The molecule has 0 N–H and O–H groups in total. The summed E-state index contributed by atoms with van der Waals surface area (Å²) in [7, 11) is 3.31. The number of piperidine rings is 1. The first kappa shape index (κ1) is 17.5. The summed E-state index contributed by atoms with van der Waals surface area (Å²) in [5.41, 5.74) is 1.07. The van der Waals surface area contributed by atoms with E-state index in [1.54, 1.807) is 14.2 Å². The van der Waals surface area contributed by atoms with Crippen LogP contribution in [0.2, 0.25) is 0 Å². The van der Waals surface area contributed by atoms with E-state index in [0.717, 1.165) is 35.2 Å². The molecule has 3 rings (SSSR count). The van der Waals surface area contributed by atoms with Gasteiger partial charge in [-0.2, -0.15) is 11.8 Å². The van der Waals surface area contributed by atoms with Gasteiger partial charge >= 0.3 is 0 Å². The van der Waals surface area contributed by atoms with Gasteiger partial charge in [0, 0.05) is 29.8 Å². The molecule has 0 radical (unpaired) electrons. The monoisotopic (exact) mass is 349 g/mol.